The summed E-state index contributed by atoms with van der Waals surface area (Å²) in [7, 11) is 1.52. The lowest BCUT2D eigenvalue weighted by molar-refractivity contribution is -0.151. The van der Waals surface area contributed by atoms with Crippen molar-refractivity contribution in [2.24, 2.45) is 28.6 Å². The molecule has 3 rings (SSSR count). The van der Waals surface area contributed by atoms with E-state index in [0.29, 0.717) is 17.9 Å². The summed E-state index contributed by atoms with van der Waals surface area (Å²) >= 11 is 0. The molecule has 3 aliphatic carbocycles. The number of rotatable bonds is 3. The van der Waals surface area contributed by atoms with Gasteiger partial charge in [-0.25, -0.2) is 0 Å². The van der Waals surface area contributed by atoms with Gasteiger partial charge in [-0.15, -0.1) is 0 Å². The van der Waals surface area contributed by atoms with Crippen LogP contribution in [0.1, 0.15) is 92.4 Å². The zero-order valence-electron chi connectivity index (χ0n) is 17.9. The third kappa shape index (κ3) is 4.13. The van der Waals surface area contributed by atoms with Crippen LogP contribution in [-0.4, -0.2) is 24.8 Å². The molecule has 0 saturated heterocycles. The number of carbonyl (C=O) groups excluding carboxylic acids is 1. The fraction of sp³-hybridized carbons (Fsp3) is 0.957. The van der Waals surface area contributed by atoms with Crippen LogP contribution in [-0.2, 0) is 14.3 Å². The Hall–Kier alpha value is -0.570. The molecule has 150 valence electrons. The molecule has 3 nitrogen and oxygen atoms in total. The molecule has 0 N–H and O–H groups in total. The number of ether oxygens (including phenoxy) is 2. The number of methoxy groups -OCH3 is 1. The molecule has 0 radical (unpaired) electrons. The molecule has 6 atom stereocenters. The van der Waals surface area contributed by atoms with Crippen molar-refractivity contribution in [2.75, 3.05) is 7.11 Å². The van der Waals surface area contributed by atoms with Crippen molar-refractivity contribution in [1.29, 1.82) is 0 Å². The molecule has 2 unspecified atom stereocenters. The Labute approximate surface area is 160 Å². The van der Waals surface area contributed by atoms with E-state index in [4.69, 9.17) is 9.47 Å². The highest BCUT2D eigenvalue weighted by atomic mass is 16.5. The van der Waals surface area contributed by atoms with Crippen LogP contribution in [0.2, 0.25) is 0 Å². The molecule has 0 bridgehead atoms. The van der Waals surface area contributed by atoms with E-state index in [2.05, 4.69) is 34.6 Å². The smallest absolute Gasteiger partial charge is 0.306 e. The van der Waals surface area contributed by atoms with E-state index in [1.807, 2.05) is 0 Å². The molecule has 0 aliphatic heterocycles. The number of hydrogen-bond donors (Lipinski definition) is 0. The maximum atomic E-state index is 11.9. The van der Waals surface area contributed by atoms with Crippen LogP contribution < -0.4 is 0 Å². The fourth-order valence-corrected chi connectivity index (χ4v) is 6.71. The van der Waals surface area contributed by atoms with Gasteiger partial charge in [0.25, 0.3) is 0 Å². The van der Waals surface area contributed by atoms with E-state index < -0.39 is 0 Å². The standard InChI is InChI=1S/C23H40O3/c1-21(2,3)26-18-9-12-23(5)17(13-18)8-7-16-14-22(4,11-10-19(16)23)15-20(24)25-6/h16-19H,7-15H2,1-6H3/t16?,17-,18+,19?,22-,23-/m0/s1. The number of fused-ring (bicyclic) bond motifs is 3. The molecule has 0 aromatic rings. The van der Waals surface area contributed by atoms with Gasteiger partial charge in [-0.1, -0.05) is 13.8 Å². The van der Waals surface area contributed by atoms with E-state index in [1.165, 1.54) is 58.5 Å². The third-order valence-corrected chi connectivity index (χ3v) is 7.92. The first-order valence-electron chi connectivity index (χ1n) is 10.8. The van der Waals surface area contributed by atoms with Gasteiger partial charge in [0.2, 0.25) is 0 Å². The Morgan fingerprint density at radius 3 is 2.46 bits per heavy atom. The Bertz CT molecular complexity index is 522. The molecule has 0 heterocycles. The molecule has 3 fully saturated rings. The maximum Gasteiger partial charge on any atom is 0.306 e. The Balaban J connectivity index is 1.66. The van der Waals surface area contributed by atoms with Gasteiger partial charge in [0.05, 0.1) is 25.2 Å². The quantitative estimate of drug-likeness (QED) is 0.598. The third-order valence-electron chi connectivity index (χ3n) is 7.92. The zero-order chi connectivity index (χ0) is 19.2. The molecule has 3 saturated carbocycles. The molecular weight excluding hydrogens is 324 g/mol. The van der Waals surface area contributed by atoms with Crippen molar-refractivity contribution >= 4 is 5.97 Å². The van der Waals surface area contributed by atoms with Crippen molar-refractivity contribution in [3.8, 4) is 0 Å². The van der Waals surface area contributed by atoms with Crippen molar-refractivity contribution < 1.29 is 14.3 Å². The molecule has 0 aromatic heterocycles. The maximum absolute atomic E-state index is 11.9. The van der Waals surface area contributed by atoms with Crippen LogP contribution >= 0.6 is 0 Å². The minimum absolute atomic E-state index is 0.0316. The SMILES string of the molecule is COC(=O)C[C@@]1(C)CCC2C(CC[C@H]3C[C@H](OC(C)(C)C)CC[C@]23C)C1. The van der Waals surface area contributed by atoms with Gasteiger partial charge in [0.1, 0.15) is 0 Å². The predicted molar refractivity (Wildman–Crippen MR) is 105 cm³/mol. The lowest BCUT2D eigenvalue weighted by Crippen LogP contribution is -2.51. The summed E-state index contributed by atoms with van der Waals surface area (Å²) < 4.78 is 11.3. The molecule has 0 amide bonds. The summed E-state index contributed by atoms with van der Waals surface area (Å²) in [4.78, 5) is 11.9. The van der Waals surface area contributed by atoms with Crippen LogP contribution in [0.15, 0.2) is 0 Å². The summed E-state index contributed by atoms with van der Waals surface area (Å²) in [6, 6.07) is 0. The predicted octanol–water partition coefficient (Wildman–Crippen LogP) is 5.76. The van der Waals surface area contributed by atoms with Gasteiger partial charge in [0.15, 0.2) is 0 Å². The summed E-state index contributed by atoms with van der Waals surface area (Å²) in [5, 5.41) is 0. The van der Waals surface area contributed by atoms with E-state index in [-0.39, 0.29) is 17.0 Å². The van der Waals surface area contributed by atoms with Crippen LogP contribution in [0.25, 0.3) is 0 Å². The average Bonchev–Trinajstić information content (AvgIpc) is 2.53. The van der Waals surface area contributed by atoms with Crippen LogP contribution in [0, 0.1) is 28.6 Å². The number of esters is 1. The second-order valence-electron chi connectivity index (χ2n) is 11.1. The normalized spacial score (nSPS) is 43.3. The summed E-state index contributed by atoms with van der Waals surface area (Å²) in [5.74, 6) is 2.41. The van der Waals surface area contributed by atoms with E-state index in [1.54, 1.807) is 0 Å². The minimum Gasteiger partial charge on any atom is -0.469 e. The van der Waals surface area contributed by atoms with Gasteiger partial charge in [-0.05, 0) is 101 Å². The zero-order valence-corrected chi connectivity index (χ0v) is 17.9. The number of hydrogen-bond acceptors (Lipinski definition) is 3. The molecule has 0 aromatic carbocycles. The summed E-state index contributed by atoms with van der Waals surface area (Å²) in [6.07, 6.45) is 11.2. The Morgan fingerprint density at radius 2 is 1.81 bits per heavy atom. The first kappa shape index (κ1) is 20.2. The molecular formula is C23H40O3. The summed E-state index contributed by atoms with van der Waals surface area (Å²) in [6.45, 7) is 11.4. The lowest BCUT2D eigenvalue weighted by atomic mass is 9.47. The van der Waals surface area contributed by atoms with E-state index in [9.17, 15) is 4.79 Å². The van der Waals surface area contributed by atoms with Gasteiger partial charge >= 0.3 is 5.97 Å². The highest BCUT2D eigenvalue weighted by molar-refractivity contribution is 5.70. The minimum atomic E-state index is -0.0364. The summed E-state index contributed by atoms with van der Waals surface area (Å²) in [5.41, 5.74) is 0.591. The Morgan fingerprint density at radius 1 is 1.08 bits per heavy atom. The lowest BCUT2D eigenvalue weighted by Gasteiger charge is -2.59. The van der Waals surface area contributed by atoms with Gasteiger partial charge in [-0.2, -0.15) is 0 Å². The Kier molecular flexibility index (Phi) is 5.52. The van der Waals surface area contributed by atoms with Crippen molar-refractivity contribution in [2.45, 2.75) is 104 Å². The first-order chi connectivity index (χ1) is 12.0. The molecule has 0 spiro atoms. The van der Waals surface area contributed by atoms with Crippen LogP contribution in [0.3, 0.4) is 0 Å². The average molecular weight is 365 g/mol. The first-order valence-corrected chi connectivity index (χ1v) is 10.8. The highest BCUT2D eigenvalue weighted by Crippen LogP contribution is 2.62. The van der Waals surface area contributed by atoms with Crippen molar-refractivity contribution in [3.05, 3.63) is 0 Å². The molecule has 3 heteroatoms. The van der Waals surface area contributed by atoms with E-state index >= 15 is 0 Å². The van der Waals surface area contributed by atoms with Crippen LogP contribution in [0.5, 0.6) is 0 Å². The number of carbonyl (C=O) groups is 1. The second-order valence-corrected chi connectivity index (χ2v) is 11.1. The van der Waals surface area contributed by atoms with Crippen LogP contribution in [0.4, 0.5) is 0 Å². The van der Waals surface area contributed by atoms with E-state index in [0.717, 1.165) is 17.8 Å². The fourth-order valence-electron chi connectivity index (χ4n) is 6.71. The second kappa shape index (κ2) is 7.11. The monoisotopic (exact) mass is 364 g/mol. The van der Waals surface area contributed by atoms with Crippen molar-refractivity contribution in [1.82, 2.24) is 0 Å². The van der Waals surface area contributed by atoms with Gasteiger partial charge < -0.3 is 9.47 Å². The molecule has 3 aliphatic rings. The molecule has 26 heavy (non-hydrogen) atoms. The van der Waals surface area contributed by atoms with Gasteiger partial charge in [-0.3, -0.25) is 4.79 Å². The van der Waals surface area contributed by atoms with Crippen molar-refractivity contribution in [3.63, 3.8) is 0 Å². The largest absolute Gasteiger partial charge is 0.469 e. The topological polar surface area (TPSA) is 35.5 Å². The highest BCUT2D eigenvalue weighted by Gasteiger charge is 2.54. The van der Waals surface area contributed by atoms with Gasteiger partial charge in [0, 0.05) is 0 Å².